The number of pyridine rings is 1. The summed E-state index contributed by atoms with van der Waals surface area (Å²) in [5.41, 5.74) is 1.97. The van der Waals surface area contributed by atoms with E-state index in [1.165, 1.54) is 18.3 Å². The number of carbonyl (C=O) groups is 1. The van der Waals surface area contributed by atoms with E-state index in [1.807, 2.05) is 50.5 Å². The number of ether oxygens (including phenoxy) is 3. The summed E-state index contributed by atoms with van der Waals surface area (Å²) < 4.78 is 18.9. The molecule has 40 heavy (non-hydrogen) atoms. The second-order valence-electron chi connectivity index (χ2n) is 9.33. The molecule has 208 valence electrons. The van der Waals surface area contributed by atoms with Crippen molar-refractivity contribution < 1.29 is 29.2 Å². The molecule has 0 radical (unpaired) electrons. The van der Waals surface area contributed by atoms with Crippen LogP contribution < -0.4 is 9.64 Å². The smallest absolute Gasteiger partial charge is 0.394 e. The van der Waals surface area contributed by atoms with E-state index in [4.69, 9.17) is 14.2 Å². The van der Waals surface area contributed by atoms with Crippen molar-refractivity contribution in [2.75, 3.05) is 32.7 Å². The van der Waals surface area contributed by atoms with Gasteiger partial charge in [-0.2, -0.15) is 4.98 Å². The number of carbonyl (C=O) groups excluding carboxylic acids is 1. The van der Waals surface area contributed by atoms with E-state index < -0.39 is 30.6 Å². The largest absolute Gasteiger partial charge is 0.425 e. The van der Waals surface area contributed by atoms with E-state index >= 15 is 0 Å². The molecule has 2 aromatic carbocycles. The Morgan fingerprint density at radius 3 is 2.35 bits per heavy atom. The van der Waals surface area contributed by atoms with Gasteiger partial charge in [0, 0.05) is 27.3 Å². The average molecular weight is 547 g/mol. The molecular formula is C28H30N6O6. The fourth-order valence-corrected chi connectivity index (χ4v) is 4.49. The highest BCUT2D eigenvalue weighted by atomic mass is 16.6. The van der Waals surface area contributed by atoms with Gasteiger partial charge >= 0.3 is 6.09 Å². The van der Waals surface area contributed by atoms with Crippen LogP contribution in [0.25, 0.3) is 11.0 Å². The zero-order valence-electron chi connectivity index (χ0n) is 22.2. The molecule has 12 nitrogen and oxygen atoms in total. The lowest BCUT2D eigenvalue weighted by atomic mass is 10.1. The summed E-state index contributed by atoms with van der Waals surface area (Å²) in [5.74, 6) is 0.193. The van der Waals surface area contributed by atoms with Gasteiger partial charge in [-0.3, -0.25) is 0 Å². The number of aliphatic hydroxyl groups is 2. The Morgan fingerprint density at radius 1 is 1.12 bits per heavy atom. The van der Waals surface area contributed by atoms with Crippen molar-refractivity contribution in [2.45, 2.75) is 24.5 Å². The Labute approximate surface area is 230 Å². The third kappa shape index (κ3) is 5.38. The SMILES string of the molecule is COC1C(O)[C@@H](CO)O[C@H]1n1cnc2c(OC(=O)N(c3ccccc3)c3ccccc3)nc(N=CN(C)C)cc21. The van der Waals surface area contributed by atoms with Crippen LogP contribution >= 0.6 is 0 Å². The lowest BCUT2D eigenvalue weighted by molar-refractivity contribution is -0.0580. The number of hydrogen-bond acceptors (Lipinski definition) is 9. The number of amides is 1. The number of fused-ring (bicyclic) bond motifs is 1. The van der Waals surface area contributed by atoms with Gasteiger partial charge in [0.15, 0.2) is 17.6 Å². The van der Waals surface area contributed by atoms with Crippen LogP contribution in [0.5, 0.6) is 5.88 Å². The zero-order chi connectivity index (χ0) is 28.2. The maximum absolute atomic E-state index is 13.7. The summed E-state index contributed by atoms with van der Waals surface area (Å²) in [7, 11) is 5.08. The molecule has 2 aromatic heterocycles. The molecule has 2 N–H and O–H groups in total. The summed E-state index contributed by atoms with van der Waals surface area (Å²) in [5, 5.41) is 20.2. The van der Waals surface area contributed by atoms with Gasteiger partial charge in [0.1, 0.15) is 18.3 Å². The number of aliphatic hydroxyl groups excluding tert-OH is 2. The molecule has 5 rings (SSSR count). The van der Waals surface area contributed by atoms with Crippen LogP contribution in [0.4, 0.5) is 22.0 Å². The van der Waals surface area contributed by atoms with Crippen LogP contribution in [0.15, 0.2) is 78.0 Å². The van der Waals surface area contributed by atoms with Gasteiger partial charge in [0.25, 0.3) is 5.88 Å². The maximum Gasteiger partial charge on any atom is 0.425 e. The molecule has 0 bridgehead atoms. The molecule has 4 aromatic rings. The second-order valence-corrected chi connectivity index (χ2v) is 9.33. The highest BCUT2D eigenvalue weighted by molar-refractivity contribution is 5.98. The number of rotatable bonds is 8. The van der Waals surface area contributed by atoms with E-state index in [1.54, 1.807) is 46.1 Å². The number of para-hydroxylation sites is 2. The lowest BCUT2D eigenvalue weighted by Gasteiger charge is -2.22. The van der Waals surface area contributed by atoms with Gasteiger partial charge in [-0.05, 0) is 24.3 Å². The van der Waals surface area contributed by atoms with Crippen LogP contribution in [0.3, 0.4) is 0 Å². The molecule has 12 heteroatoms. The van der Waals surface area contributed by atoms with Crippen LogP contribution in [0.2, 0.25) is 0 Å². The molecule has 1 saturated heterocycles. The fourth-order valence-electron chi connectivity index (χ4n) is 4.49. The summed E-state index contributed by atoms with van der Waals surface area (Å²) >= 11 is 0. The first kappa shape index (κ1) is 27.2. The van der Waals surface area contributed by atoms with Crippen molar-refractivity contribution in [3.05, 3.63) is 73.1 Å². The van der Waals surface area contributed by atoms with Crippen molar-refractivity contribution in [1.82, 2.24) is 19.4 Å². The molecule has 0 aliphatic carbocycles. The minimum absolute atomic E-state index is 0.0600. The normalized spacial score (nSPS) is 20.7. The van der Waals surface area contributed by atoms with Gasteiger partial charge in [0.05, 0.1) is 36.2 Å². The fraction of sp³-hybridized carbons (Fsp3) is 0.286. The van der Waals surface area contributed by atoms with E-state index in [0.29, 0.717) is 16.9 Å². The zero-order valence-corrected chi connectivity index (χ0v) is 22.2. The summed E-state index contributed by atoms with van der Waals surface area (Å²) in [6, 6.07) is 19.9. The van der Waals surface area contributed by atoms with E-state index in [2.05, 4.69) is 15.0 Å². The number of hydrogen-bond donors (Lipinski definition) is 2. The first-order chi connectivity index (χ1) is 19.4. The summed E-state index contributed by atoms with van der Waals surface area (Å²) in [6.07, 6.45) is -1.15. The van der Waals surface area contributed by atoms with Crippen molar-refractivity contribution in [3.8, 4) is 5.88 Å². The lowest BCUT2D eigenvalue weighted by Crippen LogP contribution is -2.34. The van der Waals surface area contributed by atoms with Crippen LogP contribution in [0.1, 0.15) is 6.23 Å². The number of anilines is 2. The molecule has 1 fully saturated rings. The summed E-state index contributed by atoms with van der Waals surface area (Å²) in [4.78, 5) is 30.2. The Balaban J connectivity index is 1.58. The average Bonchev–Trinajstić information content (AvgIpc) is 3.53. The van der Waals surface area contributed by atoms with Gasteiger partial charge < -0.3 is 33.9 Å². The third-order valence-corrected chi connectivity index (χ3v) is 6.37. The van der Waals surface area contributed by atoms with Crippen molar-refractivity contribution in [1.29, 1.82) is 0 Å². The Bertz CT molecular complexity index is 1440. The Morgan fingerprint density at radius 2 is 1.77 bits per heavy atom. The number of aliphatic imine (C=N–C) groups is 1. The number of nitrogens with zero attached hydrogens (tertiary/aromatic N) is 6. The topological polar surface area (TPSA) is 135 Å². The first-order valence-electron chi connectivity index (χ1n) is 12.6. The first-order valence-corrected chi connectivity index (χ1v) is 12.6. The molecular weight excluding hydrogens is 516 g/mol. The number of methoxy groups -OCH3 is 1. The molecule has 1 aliphatic rings. The van der Waals surface area contributed by atoms with Gasteiger partial charge in [-0.25, -0.2) is 19.7 Å². The van der Waals surface area contributed by atoms with Crippen molar-refractivity contribution >= 4 is 40.7 Å². The molecule has 1 aliphatic heterocycles. The molecule has 4 atom stereocenters. The van der Waals surface area contributed by atoms with Crippen LogP contribution in [-0.4, -0.2) is 88.2 Å². The van der Waals surface area contributed by atoms with Crippen LogP contribution in [-0.2, 0) is 9.47 Å². The van der Waals surface area contributed by atoms with E-state index in [0.717, 1.165) is 0 Å². The van der Waals surface area contributed by atoms with Crippen LogP contribution in [0, 0.1) is 0 Å². The van der Waals surface area contributed by atoms with Gasteiger partial charge in [0.2, 0.25) is 0 Å². The minimum atomic E-state index is -1.06. The number of aromatic nitrogens is 3. The summed E-state index contributed by atoms with van der Waals surface area (Å²) in [6.45, 7) is -0.387. The van der Waals surface area contributed by atoms with Crippen molar-refractivity contribution in [2.24, 2.45) is 4.99 Å². The number of imidazole rings is 1. The molecule has 3 heterocycles. The second kappa shape index (κ2) is 11.8. The van der Waals surface area contributed by atoms with Gasteiger partial charge in [-0.15, -0.1) is 0 Å². The predicted octanol–water partition coefficient (Wildman–Crippen LogP) is 3.26. The molecule has 1 amide bonds. The van der Waals surface area contributed by atoms with E-state index in [9.17, 15) is 15.0 Å². The quantitative estimate of drug-likeness (QED) is 0.252. The van der Waals surface area contributed by atoms with Gasteiger partial charge in [-0.1, -0.05) is 36.4 Å². The maximum atomic E-state index is 13.7. The highest BCUT2D eigenvalue weighted by Gasteiger charge is 2.45. The number of benzene rings is 2. The Hall–Kier alpha value is -4.36. The molecule has 0 saturated carbocycles. The Kier molecular flexibility index (Phi) is 8.03. The third-order valence-electron chi connectivity index (χ3n) is 6.37. The predicted molar refractivity (Wildman–Crippen MR) is 148 cm³/mol. The minimum Gasteiger partial charge on any atom is -0.394 e. The monoisotopic (exact) mass is 546 g/mol. The van der Waals surface area contributed by atoms with Crippen molar-refractivity contribution in [3.63, 3.8) is 0 Å². The standard InChI is InChI=1S/C28H30N6O6/c1-32(2)16-29-22-14-20-23(30-17-33(20)27-25(38-3)24(36)21(15-35)39-27)26(31-22)40-28(37)34(18-10-6-4-7-11-18)19-12-8-5-9-13-19/h4-14,16-17,21,24-25,27,35-36H,15H2,1-3H3/t21-,24?,25?,27-/m1/s1. The molecule has 0 spiro atoms. The molecule has 2 unspecified atom stereocenters. The highest BCUT2D eigenvalue weighted by Crippen LogP contribution is 2.36. The van der Waals surface area contributed by atoms with E-state index in [-0.39, 0.29) is 23.8 Å².